The molecule has 100 valence electrons. The Morgan fingerprint density at radius 2 is 1.95 bits per heavy atom. The maximum absolute atomic E-state index is 12.0. The summed E-state index contributed by atoms with van der Waals surface area (Å²) in [5, 5.41) is 11.0. The van der Waals surface area contributed by atoms with Crippen LogP contribution >= 0.6 is 0 Å². The van der Waals surface area contributed by atoms with Crippen molar-refractivity contribution in [3.05, 3.63) is 60.6 Å². The highest BCUT2D eigenvalue weighted by atomic mass is 16.1. The zero-order valence-electron chi connectivity index (χ0n) is 10.9. The Bertz CT molecular complexity index is 712. The summed E-state index contributed by atoms with van der Waals surface area (Å²) >= 11 is 0. The van der Waals surface area contributed by atoms with Crippen molar-refractivity contribution in [1.29, 1.82) is 0 Å². The second-order valence-corrected chi connectivity index (χ2v) is 4.33. The minimum atomic E-state index is -0.185. The molecule has 0 aliphatic carbocycles. The van der Waals surface area contributed by atoms with Gasteiger partial charge in [0.2, 0.25) is 0 Å². The third-order valence-corrected chi connectivity index (χ3v) is 2.85. The monoisotopic (exact) mass is 267 g/mol. The molecular formula is C14H13N5O. The molecule has 2 heterocycles. The summed E-state index contributed by atoms with van der Waals surface area (Å²) in [6.45, 7) is 0. The second kappa shape index (κ2) is 5.00. The van der Waals surface area contributed by atoms with Crippen LogP contribution in [0.25, 0.3) is 5.69 Å². The number of hydrogen-bond acceptors (Lipinski definition) is 3. The van der Waals surface area contributed by atoms with Crippen molar-refractivity contribution in [3.8, 4) is 5.69 Å². The van der Waals surface area contributed by atoms with Crippen LogP contribution in [0.1, 0.15) is 10.4 Å². The van der Waals surface area contributed by atoms with Crippen LogP contribution in [0, 0.1) is 0 Å². The van der Waals surface area contributed by atoms with E-state index >= 15 is 0 Å². The van der Waals surface area contributed by atoms with E-state index in [-0.39, 0.29) is 5.91 Å². The van der Waals surface area contributed by atoms with Gasteiger partial charge in [0, 0.05) is 37.3 Å². The summed E-state index contributed by atoms with van der Waals surface area (Å²) in [4.78, 5) is 12.0. The lowest BCUT2D eigenvalue weighted by atomic mass is 10.2. The van der Waals surface area contributed by atoms with E-state index in [1.54, 1.807) is 47.0 Å². The fraction of sp³-hybridized carbons (Fsp3) is 0.0714. The van der Waals surface area contributed by atoms with E-state index in [1.807, 2.05) is 24.4 Å². The molecule has 20 heavy (non-hydrogen) atoms. The smallest absolute Gasteiger partial charge is 0.256 e. The number of anilines is 1. The number of amides is 1. The Kier molecular flexibility index (Phi) is 3.04. The summed E-state index contributed by atoms with van der Waals surface area (Å²) in [6, 6.07) is 10.8. The van der Waals surface area contributed by atoms with Gasteiger partial charge in [-0.05, 0) is 30.3 Å². The van der Waals surface area contributed by atoms with Gasteiger partial charge in [-0.1, -0.05) is 0 Å². The summed E-state index contributed by atoms with van der Waals surface area (Å²) in [5.74, 6) is 0.351. The SMILES string of the molecule is Cn1ccc(NC(=O)c2ccc(-n3cccn3)cc2)n1. The third-order valence-electron chi connectivity index (χ3n) is 2.85. The van der Waals surface area contributed by atoms with Gasteiger partial charge in [-0.3, -0.25) is 9.48 Å². The van der Waals surface area contributed by atoms with Gasteiger partial charge in [-0.25, -0.2) is 4.68 Å². The average Bonchev–Trinajstić information content (AvgIpc) is 3.11. The summed E-state index contributed by atoms with van der Waals surface area (Å²) in [6.07, 6.45) is 5.33. The standard InChI is InChI=1S/C14H13N5O/c1-18-10-7-13(17-18)16-14(20)11-3-5-12(6-4-11)19-9-2-8-15-19/h2-10H,1H3,(H,16,17,20). The highest BCUT2D eigenvalue weighted by Gasteiger charge is 2.07. The Hall–Kier alpha value is -2.89. The molecule has 0 atom stereocenters. The van der Waals surface area contributed by atoms with Crippen LogP contribution in [0.2, 0.25) is 0 Å². The minimum absolute atomic E-state index is 0.185. The molecule has 0 saturated carbocycles. The number of hydrogen-bond donors (Lipinski definition) is 1. The largest absolute Gasteiger partial charge is 0.305 e. The molecule has 0 radical (unpaired) electrons. The lowest BCUT2D eigenvalue weighted by Crippen LogP contribution is -2.12. The number of aromatic nitrogens is 4. The Morgan fingerprint density at radius 1 is 1.15 bits per heavy atom. The molecule has 1 N–H and O–H groups in total. The van der Waals surface area contributed by atoms with Crippen LogP contribution < -0.4 is 5.32 Å². The molecule has 0 fully saturated rings. The maximum atomic E-state index is 12.0. The fourth-order valence-electron chi connectivity index (χ4n) is 1.86. The zero-order valence-corrected chi connectivity index (χ0v) is 10.9. The number of carbonyl (C=O) groups is 1. The first-order valence-corrected chi connectivity index (χ1v) is 6.13. The molecule has 0 spiro atoms. The Balaban J connectivity index is 1.75. The minimum Gasteiger partial charge on any atom is -0.305 e. The lowest BCUT2D eigenvalue weighted by molar-refractivity contribution is 0.102. The number of aryl methyl sites for hydroxylation is 1. The fourth-order valence-corrected chi connectivity index (χ4v) is 1.86. The first-order chi connectivity index (χ1) is 9.72. The molecule has 3 aromatic rings. The predicted octanol–water partition coefficient (Wildman–Crippen LogP) is 1.86. The lowest BCUT2D eigenvalue weighted by Gasteiger charge is -2.04. The van der Waals surface area contributed by atoms with E-state index < -0.39 is 0 Å². The second-order valence-electron chi connectivity index (χ2n) is 4.33. The Labute approximate surface area is 115 Å². The number of benzene rings is 1. The van der Waals surface area contributed by atoms with Crippen LogP contribution in [-0.4, -0.2) is 25.5 Å². The quantitative estimate of drug-likeness (QED) is 0.787. The van der Waals surface area contributed by atoms with E-state index in [0.717, 1.165) is 5.69 Å². The summed E-state index contributed by atoms with van der Waals surface area (Å²) < 4.78 is 3.37. The van der Waals surface area contributed by atoms with Crippen molar-refractivity contribution in [2.24, 2.45) is 7.05 Å². The molecule has 0 saturated heterocycles. The number of nitrogens with one attached hydrogen (secondary N) is 1. The van der Waals surface area contributed by atoms with E-state index in [0.29, 0.717) is 11.4 Å². The zero-order chi connectivity index (χ0) is 13.9. The van der Waals surface area contributed by atoms with Crippen LogP contribution in [0.15, 0.2) is 55.0 Å². The topological polar surface area (TPSA) is 64.7 Å². The van der Waals surface area contributed by atoms with E-state index in [4.69, 9.17) is 0 Å². The molecule has 6 nitrogen and oxygen atoms in total. The van der Waals surface area contributed by atoms with Crippen LogP contribution in [0.5, 0.6) is 0 Å². The molecule has 3 rings (SSSR count). The summed E-state index contributed by atoms with van der Waals surface area (Å²) in [5.41, 5.74) is 1.48. The van der Waals surface area contributed by atoms with Crippen molar-refractivity contribution < 1.29 is 4.79 Å². The maximum Gasteiger partial charge on any atom is 0.256 e. The molecular weight excluding hydrogens is 254 g/mol. The van der Waals surface area contributed by atoms with E-state index in [9.17, 15) is 4.79 Å². The van der Waals surface area contributed by atoms with Crippen molar-refractivity contribution in [2.75, 3.05) is 5.32 Å². The molecule has 0 aliphatic heterocycles. The summed E-state index contributed by atoms with van der Waals surface area (Å²) in [7, 11) is 1.80. The van der Waals surface area contributed by atoms with E-state index in [1.165, 1.54) is 0 Å². The highest BCUT2D eigenvalue weighted by molar-refractivity contribution is 6.03. The highest BCUT2D eigenvalue weighted by Crippen LogP contribution is 2.10. The van der Waals surface area contributed by atoms with Crippen molar-refractivity contribution in [3.63, 3.8) is 0 Å². The molecule has 0 unspecified atom stereocenters. The van der Waals surface area contributed by atoms with Crippen LogP contribution in [0.3, 0.4) is 0 Å². The van der Waals surface area contributed by atoms with Gasteiger partial charge in [0.15, 0.2) is 5.82 Å². The first-order valence-electron chi connectivity index (χ1n) is 6.13. The average molecular weight is 267 g/mol. The third kappa shape index (κ3) is 2.44. The molecule has 2 aromatic heterocycles. The molecule has 6 heteroatoms. The Morgan fingerprint density at radius 3 is 2.55 bits per heavy atom. The van der Waals surface area contributed by atoms with Gasteiger partial charge in [-0.15, -0.1) is 0 Å². The van der Waals surface area contributed by atoms with E-state index in [2.05, 4.69) is 15.5 Å². The van der Waals surface area contributed by atoms with Gasteiger partial charge >= 0.3 is 0 Å². The van der Waals surface area contributed by atoms with Crippen LogP contribution in [-0.2, 0) is 7.05 Å². The molecule has 0 bridgehead atoms. The number of nitrogens with zero attached hydrogens (tertiary/aromatic N) is 4. The van der Waals surface area contributed by atoms with Crippen molar-refractivity contribution in [1.82, 2.24) is 19.6 Å². The number of carbonyl (C=O) groups excluding carboxylic acids is 1. The van der Waals surface area contributed by atoms with Gasteiger partial charge in [0.05, 0.1) is 5.69 Å². The molecule has 1 amide bonds. The van der Waals surface area contributed by atoms with Gasteiger partial charge in [-0.2, -0.15) is 10.2 Å². The predicted molar refractivity (Wildman–Crippen MR) is 74.7 cm³/mol. The molecule has 0 aliphatic rings. The molecule has 1 aromatic carbocycles. The first kappa shape index (κ1) is 12.2. The number of rotatable bonds is 3. The van der Waals surface area contributed by atoms with Gasteiger partial charge in [0.1, 0.15) is 0 Å². The normalized spacial score (nSPS) is 10.4. The van der Waals surface area contributed by atoms with Crippen LogP contribution in [0.4, 0.5) is 5.82 Å². The van der Waals surface area contributed by atoms with Gasteiger partial charge in [0.25, 0.3) is 5.91 Å². The van der Waals surface area contributed by atoms with Gasteiger partial charge < -0.3 is 5.32 Å². The van der Waals surface area contributed by atoms with Crippen molar-refractivity contribution >= 4 is 11.7 Å². The van der Waals surface area contributed by atoms with Crippen molar-refractivity contribution in [2.45, 2.75) is 0 Å².